The summed E-state index contributed by atoms with van der Waals surface area (Å²) in [6.45, 7) is 1.98. The minimum Gasteiger partial charge on any atom is -0.398 e. The highest BCUT2D eigenvalue weighted by atomic mass is 79.9. The van der Waals surface area contributed by atoms with Gasteiger partial charge in [0.2, 0.25) is 0 Å². The number of nitrogens with zero attached hydrogens (tertiary/aromatic N) is 1. The SMILES string of the molecule is CC1CS(=O)(=O)CCN1C(=O)c1ccc(Br)c(N)c1. The fourth-order valence-corrected chi connectivity index (χ4v) is 3.95. The van der Waals surface area contributed by atoms with Crippen LogP contribution in [0, 0.1) is 0 Å². The highest BCUT2D eigenvalue weighted by Crippen LogP contribution is 2.22. The first-order valence-corrected chi connectivity index (χ1v) is 8.48. The largest absolute Gasteiger partial charge is 0.398 e. The van der Waals surface area contributed by atoms with E-state index in [1.807, 2.05) is 0 Å². The van der Waals surface area contributed by atoms with E-state index in [1.54, 1.807) is 30.0 Å². The molecule has 0 bridgehead atoms. The average Bonchev–Trinajstić information content (AvgIpc) is 2.31. The molecule has 19 heavy (non-hydrogen) atoms. The summed E-state index contributed by atoms with van der Waals surface area (Å²) < 4.78 is 23.7. The zero-order valence-corrected chi connectivity index (χ0v) is 12.9. The van der Waals surface area contributed by atoms with Crippen molar-refractivity contribution in [2.45, 2.75) is 13.0 Å². The molecule has 1 fully saturated rings. The molecular weight excluding hydrogens is 332 g/mol. The number of hydrogen-bond donors (Lipinski definition) is 1. The maximum absolute atomic E-state index is 12.3. The van der Waals surface area contributed by atoms with Crippen molar-refractivity contribution >= 4 is 37.4 Å². The van der Waals surface area contributed by atoms with E-state index >= 15 is 0 Å². The summed E-state index contributed by atoms with van der Waals surface area (Å²) in [7, 11) is -3.02. The van der Waals surface area contributed by atoms with Crippen molar-refractivity contribution in [1.29, 1.82) is 0 Å². The number of carbonyl (C=O) groups is 1. The van der Waals surface area contributed by atoms with Gasteiger partial charge in [-0.05, 0) is 41.1 Å². The number of rotatable bonds is 1. The van der Waals surface area contributed by atoms with Gasteiger partial charge in [0.15, 0.2) is 9.84 Å². The Bertz CT molecular complexity index is 615. The van der Waals surface area contributed by atoms with Gasteiger partial charge in [-0.1, -0.05) is 0 Å². The Balaban J connectivity index is 2.22. The molecule has 2 rings (SSSR count). The van der Waals surface area contributed by atoms with E-state index in [2.05, 4.69) is 15.9 Å². The van der Waals surface area contributed by atoms with Gasteiger partial charge in [0, 0.05) is 28.3 Å². The van der Waals surface area contributed by atoms with Crippen molar-refractivity contribution in [3.05, 3.63) is 28.2 Å². The summed E-state index contributed by atoms with van der Waals surface area (Å²) >= 11 is 3.27. The van der Waals surface area contributed by atoms with E-state index in [4.69, 9.17) is 5.73 Å². The number of carbonyl (C=O) groups excluding carboxylic acids is 1. The van der Waals surface area contributed by atoms with Crippen LogP contribution in [0.2, 0.25) is 0 Å². The molecule has 0 spiro atoms. The predicted octanol–water partition coefficient (Wildman–Crippen LogP) is 1.29. The van der Waals surface area contributed by atoms with Crippen LogP contribution >= 0.6 is 15.9 Å². The van der Waals surface area contributed by atoms with Crippen LogP contribution < -0.4 is 5.73 Å². The molecule has 104 valence electrons. The highest BCUT2D eigenvalue weighted by Gasteiger charge is 2.31. The molecule has 1 aliphatic rings. The van der Waals surface area contributed by atoms with Crippen LogP contribution in [0.15, 0.2) is 22.7 Å². The number of halogens is 1. The smallest absolute Gasteiger partial charge is 0.254 e. The fourth-order valence-electron chi connectivity index (χ4n) is 2.14. The second-order valence-electron chi connectivity index (χ2n) is 4.70. The van der Waals surface area contributed by atoms with Crippen molar-refractivity contribution in [3.63, 3.8) is 0 Å². The van der Waals surface area contributed by atoms with E-state index in [1.165, 1.54) is 0 Å². The van der Waals surface area contributed by atoms with Crippen LogP contribution in [0.25, 0.3) is 0 Å². The molecule has 0 aromatic heterocycles. The van der Waals surface area contributed by atoms with Gasteiger partial charge in [-0.2, -0.15) is 0 Å². The molecule has 1 aromatic rings. The number of nitrogen functional groups attached to an aromatic ring is 1. The molecule has 2 N–H and O–H groups in total. The van der Waals surface area contributed by atoms with Gasteiger partial charge < -0.3 is 10.6 Å². The van der Waals surface area contributed by atoms with Gasteiger partial charge in [-0.3, -0.25) is 4.79 Å². The van der Waals surface area contributed by atoms with Gasteiger partial charge in [0.05, 0.1) is 11.5 Å². The summed E-state index contributed by atoms with van der Waals surface area (Å²) in [5, 5.41) is 0. The normalized spacial score (nSPS) is 22.2. The van der Waals surface area contributed by atoms with Crippen LogP contribution in [0.3, 0.4) is 0 Å². The standard InChI is InChI=1S/C12H15BrN2O3S/c1-8-7-19(17,18)5-4-15(8)12(16)9-2-3-10(13)11(14)6-9/h2-3,6,8H,4-5,7,14H2,1H3. The van der Waals surface area contributed by atoms with E-state index in [0.29, 0.717) is 11.3 Å². The van der Waals surface area contributed by atoms with E-state index in [9.17, 15) is 13.2 Å². The third-order valence-corrected chi connectivity index (χ3v) is 5.69. The lowest BCUT2D eigenvalue weighted by Gasteiger charge is -2.33. The quantitative estimate of drug-likeness (QED) is 0.777. The van der Waals surface area contributed by atoms with Crippen molar-refractivity contribution in [3.8, 4) is 0 Å². The van der Waals surface area contributed by atoms with Gasteiger partial charge in [-0.25, -0.2) is 8.42 Å². The molecule has 1 atom stereocenters. The molecule has 7 heteroatoms. The lowest BCUT2D eigenvalue weighted by atomic mass is 10.1. The van der Waals surface area contributed by atoms with Gasteiger partial charge in [-0.15, -0.1) is 0 Å². The van der Waals surface area contributed by atoms with Crippen molar-refractivity contribution in [1.82, 2.24) is 4.90 Å². The topological polar surface area (TPSA) is 80.5 Å². The number of anilines is 1. The van der Waals surface area contributed by atoms with Crippen LogP contribution in [-0.2, 0) is 9.84 Å². The predicted molar refractivity (Wildman–Crippen MR) is 77.7 cm³/mol. The second-order valence-corrected chi connectivity index (χ2v) is 7.78. The lowest BCUT2D eigenvalue weighted by Crippen LogP contribution is -2.49. The third-order valence-electron chi connectivity index (χ3n) is 3.17. The summed E-state index contributed by atoms with van der Waals surface area (Å²) in [6, 6.07) is 4.69. The molecule has 1 amide bonds. The van der Waals surface area contributed by atoms with Crippen LogP contribution in [0.1, 0.15) is 17.3 Å². The number of nitrogens with two attached hydrogens (primary N) is 1. The summed E-state index contributed by atoms with van der Waals surface area (Å²) in [5.41, 5.74) is 6.72. The van der Waals surface area contributed by atoms with Gasteiger partial charge in [0.25, 0.3) is 5.91 Å². The Morgan fingerprint density at radius 1 is 1.47 bits per heavy atom. The van der Waals surface area contributed by atoms with Crippen LogP contribution in [0.4, 0.5) is 5.69 Å². The molecule has 1 saturated heterocycles. The maximum Gasteiger partial charge on any atom is 0.254 e. The maximum atomic E-state index is 12.3. The van der Waals surface area contributed by atoms with Crippen LogP contribution in [0.5, 0.6) is 0 Å². The number of sulfone groups is 1. The van der Waals surface area contributed by atoms with Crippen molar-refractivity contribution in [2.75, 3.05) is 23.8 Å². The summed E-state index contributed by atoms with van der Waals surface area (Å²) in [4.78, 5) is 13.9. The molecule has 1 unspecified atom stereocenters. The van der Waals surface area contributed by atoms with Gasteiger partial charge >= 0.3 is 0 Å². The average molecular weight is 347 g/mol. The van der Waals surface area contributed by atoms with E-state index in [0.717, 1.165) is 4.47 Å². The van der Waals surface area contributed by atoms with Crippen LogP contribution in [-0.4, -0.2) is 43.3 Å². The molecule has 0 aliphatic carbocycles. The minimum atomic E-state index is -3.02. The Morgan fingerprint density at radius 2 is 2.16 bits per heavy atom. The van der Waals surface area contributed by atoms with E-state index in [-0.39, 0.29) is 30.0 Å². The number of benzene rings is 1. The Labute approximate surface area is 120 Å². The number of amides is 1. The minimum absolute atomic E-state index is 0.0186. The molecule has 5 nitrogen and oxygen atoms in total. The first-order chi connectivity index (χ1) is 8.80. The number of hydrogen-bond acceptors (Lipinski definition) is 4. The molecule has 1 aliphatic heterocycles. The Morgan fingerprint density at radius 3 is 2.74 bits per heavy atom. The molecule has 0 radical (unpaired) electrons. The third kappa shape index (κ3) is 3.09. The second kappa shape index (κ2) is 5.13. The molecular formula is C12H15BrN2O3S. The van der Waals surface area contributed by atoms with Crippen molar-refractivity contribution < 1.29 is 13.2 Å². The van der Waals surface area contributed by atoms with Crippen molar-refractivity contribution in [2.24, 2.45) is 0 Å². The summed E-state index contributed by atoms with van der Waals surface area (Å²) in [6.07, 6.45) is 0. The first-order valence-electron chi connectivity index (χ1n) is 5.86. The Kier molecular flexibility index (Phi) is 3.87. The fraction of sp³-hybridized carbons (Fsp3) is 0.417. The molecule has 0 saturated carbocycles. The van der Waals surface area contributed by atoms with E-state index < -0.39 is 9.84 Å². The monoisotopic (exact) mass is 346 g/mol. The zero-order chi connectivity index (χ0) is 14.2. The molecule has 1 heterocycles. The molecule has 1 aromatic carbocycles. The first kappa shape index (κ1) is 14.3. The lowest BCUT2D eigenvalue weighted by molar-refractivity contribution is 0.0712. The zero-order valence-electron chi connectivity index (χ0n) is 10.5. The summed E-state index contributed by atoms with van der Waals surface area (Å²) in [5.74, 6) is -0.138. The Hall–Kier alpha value is -1.08. The highest BCUT2D eigenvalue weighted by molar-refractivity contribution is 9.10. The van der Waals surface area contributed by atoms with Gasteiger partial charge in [0.1, 0.15) is 0 Å².